The van der Waals surface area contributed by atoms with E-state index in [9.17, 15) is 0 Å². The van der Waals surface area contributed by atoms with Crippen molar-refractivity contribution in [3.8, 4) is 11.4 Å². The second-order valence-corrected chi connectivity index (χ2v) is 5.07. The lowest BCUT2D eigenvalue weighted by atomic mass is 10.1. The number of aryl methyl sites for hydroxylation is 3. The van der Waals surface area contributed by atoms with Crippen LogP contribution in [-0.2, 0) is 7.05 Å². The van der Waals surface area contributed by atoms with Gasteiger partial charge in [-0.1, -0.05) is 18.2 Å². The van der Waals surface area contributed by atoms with Gasteiger partial charge in [-0.2, -0.15) is 0 Å². The van der Waals surface area contributed by atoms with Gasteiger partial charge in [0.25, 0.3) is 0 Å². The summed E-state index contributed by atoms with van der Waals surface area (Å²) in [5.74, 6) is 0.955. The fourth-order valence-electron chi connectivity index (χ4n) is 2.69. The van der Waals surface area contributed by atoms with Gasteiger partial charge in [-0.25, -0.2) is 4.98 Å². The van der Waals surface area contributed by atoms with Crippen LogP contribution in [0.15, 0.2) is 36.4 Å². The zero-order valence-electron chi connectivity index (χ0n) is 11.4. The van der Waals surface area contributed by atoms with Crippen LogP contribution in [0.5, 0.6) is 0 Å². The number of nitrogens with two attached hydrogens (primary N) is 1. The predicted octanol–water partition coefficient (Wildman–Crippen LogP) is 3.44. The molecule has 0 saturated heterocycles. The van der Waals surface area contributed by atoms with Crippen molar-refractivity contribution >= 4 is 16.7 Å². The summed E-state index contributed by atoms with van der Waals surface area (Å²) >= 11 is 0. The van der Waals surface area contributed by atoms with Crippen molar-refractivity contribution in [1.29, 1.82) is 0 Å². The van der Waals surface area contributed by atoms with Gasteiger partial charge in [0.2, 0.25) is 0 Å². The summed E-state index contributed by atoms with van der Waals surface area (Å²) in [6.07, 6.45) is 0. The van der Waals surface area contributed by atoms with Crippen molar-refractivity contribution in [2.75, 3.05) is 5.73 Å². The van der Waals surface area contributed by atoms with Gasteiger partial charge in [-0.05, 0) is 43.2 Å². The van der Waals surface area contributed by atoms with Crippen LogP contribution in [0.2, 0.25) is 0 Å². The molecule has 0 aliphatic heterocycles. The Morgan fingerprint density at radius 3 is 2.63 bits per heavy atom. The molecule has 0 bridgehead atoms. The summed E-state index contributed by atoms with van der Waals surface area (Å²) in [6.45, 7) is 4.22. The Bertz CT molecular complexity index is 769. The van der Waals surface area contributed by atoms with Gasteiger partial charge in [-0.3, -0.25) is 0 Å². The van der Waals surface area contributed by atoms with Crippen LogP contribution in [-0.4, -0.2) is 9.55 Å². The van der Waals surface area contributed by atoms with Gasteiger partial charge in [0.1, 0.15) is 5.82 Å². The van der Waals surface area contributed by atoms with E-state index in [0.717, 1.165) is 22.6 Å². The lowest BCUT2D eigenvalue weighted by molar-refractivity contribution is 0.955. The van der Waals surface area contributed by atoms with E-state index in [4.69, 9.17) is 10.7 Å². The molecule has 3 rings (SSSR count). The lowest BCUT2D eigenvalue weighted by Gasteiger charge is -2.05. The number of nitrogens with zero attached hydrogens (tertiary/aromatic N) is 2. The summed E-state index contributed by atoms with van der Waals surface area (Å²) < 4.78 is 2.14. The third kappa shape index (κ3) is 1.87. The molecule has 19 heavy (non-hydrogen) atoms. The van der Waals surface area contributed by atoms with Gasteiger partial charge in [-0.15, -0.1) is 0 Å². The summed E-state index contributed by atoms with van der Waals surface area (Å²) in [4.78, 5) is 4.75. The molecule has 1 heterocycles. The molecule has 0 amide bonds. The van der Waals surface area contributed by atoms with E-state index in [2.05, 4.69) is 37.6 Å². The second kappa shape index (κ2) is 4.12. The lowest BCUT2D eigenvalue weighted by Crippen LogP contribution is -1.94. The van der Waals surface area contributed by atoms with Gasteiger partial charge < -0.3 is 10.3 Å². The molecule has 2 N–H and O–H groups in total. The van der Waals surface area contributed by atoms with Crippen molar-refractivity contribution < 1.29 is 0 Å². The Morgan fingerprint density at radius 1 is 1.11 bits per heavy atom. The molecule has 2 aromatic carbocycles. The molecule has 3 aromatic rings. The normalized spacial score (nSPS) is 11.1. The number of hydrogen-bond acceptors (Lipinski definition) is 2. The molecule has 0 unspecified atom stereocenters. The molecule has 0 fully saturated rings. The molecule has 3 nitrogen and oxygen atoms in total. The standard InChI is InChI=1S/C16H17N3/c1-10-7-11(2)15-14(8-10)18-16(19(15)3)12-5-4-6-13(17)9-12/h4-9H,17H2,1-3H3. The number of fused-ring (bicyclic) bond motifs is 1. The summed E-state index contributed by atoms with van der Waals surface area (Å²) in [5, 5.41) is 0. The molecule has 96 valence electrons. The molecule has 0 aliphatic rings. The minimum Gasteiger partial charge on any atom is -0.399 e. The maximum Gasteiger partial charge on any atom is 0.140 e. The maximum absolute atomic E-state index is 5.86. The zero-order valence-corrected chi connectivity index (χ0v) is 11.4. The van der Waals surface area contributed by atoms with Gasteiger partial charge in [0.15, 0.2) is 0 Å². The highest BCUT2D eigenvalue weighted by atomic mass is 15.1. The van der Waals surface area contributed by atoms with Crippen molar-refractivity contribution in [1.82, 2.24) is 9.55 Å². The van der Waals surface area contributed by atoms with E-state index in [-0.39, 0.29) is 0 Å². The first-order chi connectivity index (χ1) is 9.06. The summed E-state index contributed by atoms with van der Waals surface area (Å²) in [7, 11) is 2.05. The van der Waals surface area contributed by atoms with Crippen LogP contribution in [0.25, 0.3) is 22.4 Å². The van der Waals surface area contributed by atoms with Gasteiger partial charge >= 0.3 is 0 Å². The van der Waals surface area contributed by atoms with Gasteiger partial charge in [0.05, 0.1) is 11.0 Å². The number of benzene rings is 2. The van der Waals surface area contributed by atoms with Crippen LogP contribution in [0.4, 0.5) is 5.69 Å². The number of hydrogen-bond donors (Lipinski definition) is 1. The second-order valence-electron chi connectivity index (χ2n) is 5.07. The molecule has 0 aliphatic carbocycles. The van der Waals surface area contributed by atoms with Crippen LogP contribution in [0, 0.1) is 13.8 Å². The highest BCUT2D eigenvalue weighted by molar-refractivity contribution is 5.84. The SMILES string of the molecule is Cc1cc(C)c2c(c1)nc(-c1cccc(N)c1)n2C. The fraction of sp³-hybridized carbons (Fsp3) is 0.188. The fourth-order valence-corrected chi connectivity index (χ4v) is 2.69. The maximum atomic E-state index is 5.86. The quantitative estimate of drug-likeness (QED) is 0.673. The average molecular weight is 251 g/mol. The smallest absolute Gasteiger partial charge is 0.140 e. The predicted molar refractivity (Wildman–Crippen MR) is 80.0 cm³/mol. The average Bonchev–Trinajstić information content (AvgIpc) is 2.66. The first-order valence-corrected chi connectivity index (χ1v) is 6.36. The van der Waals surface area contributed by atoms with Crippen molar-refractivity contribution in [2.24, 2.45) is 7.05 Å². The third-order valence-corrected chi connectivity index (χ3v) is 3.45. The largest absolute Gasteiger partial charge is 0.399 e. The number of imidazole rings is 1. The Morgan fingerprint density at radius 2 is 1.89 bits per heavy atom. The van der Waals surface area contributed by atoms with Gasteiger partial charge in [0, 0.05) is 18.3 Å². The number of nitrogen functional groups attached to an aromatic ring is 1. The highest BCUT2D eigenvalue weighted by Gasteiger charge is 2.12. The Kier molecular flexibility index (Phi) is 2.56. The minimum absolute atomic E-state index is 0.762. The van der Waals surface area contributed by atoms with Crippen molar-refractivity contribution in [3.63, 3.8) is 0 Å². The molecular weight excluding hydrogens is 234 g/mol. The number of anilines is 1. The topological polar surface area (TPSA) is 43.8 Å². The molecular formula is C16H17N3. The summed E-state index contributed by atoms with van der Waals surface area (Å²) in [6, 6.07) is 12.2. The minimum atomic E-state index is 0.762. The molecule has 3 heteroatoms. The van der Waals surface area contributed by atoms with Crippen molar-refractivity contribution in [3.05, 3.63) is 47.5 Å². The third-order valence-electron chi connectivity index (χ3n) is 3.45. The molecule has 0 saturated carbocycles. The van der Waals surface area contributed by atoms with E-state index < -0.39 is 0 Å². The zero-order chi connectivity index (χ0) is 13.6. The Balaban J connectivity index is 2.31. The van der Waals surface area contributed by atoms with Crippen molar-refractivity contribution in [2.45, 2.75) is 13.8 Å². The molecule has 0 spiro atoms. The Labute approximate surface area is 112 Å². The highest BCUT2D eigenvalue weighted by Crippen LogP contribution is 2.27. The number of aromatic nitrogens is 2. The van der Waals surface area contributed by atoms with E-state index in [0.29, 0.717) is 0 Å². The summed E-state index contributed by atoms with van der Waals surface area (Å²) in [5.41, 5.74) is 12.4. The Hall–Kier alpha value is -2.29. The van der Waals surface area contributed by atoms with E-state index in [1.165, 1.54) is 16.6 Å². The van der Waals surface area contributed by atoms with E-state index in [1.807, 2.05) is 24.3 Å². The number of rotatable bonds is 1. The van der Waals surface area contributed by atoms with E-state index >= 15 is 0 Å². The molecule has 1 aromatic heterocycles. The van der Waals surface area contributed by atoms with Crippen LogP contribution >= 0.6 is 0 Å². The first kappa shape index (κ1) is 11.8. The van der Waals surface area contributed by atoms with Crippen LogP contribution in [0.3, 0.4) is 0 Å². The monoisotopic (exact) mass is 251 g/mol. The van der Waals surface area contributed by atoms with Crippen LogP contribution < -0.4 is 5.73 Å². The molecule has 0 radical (unpaired) electrons. The molecule has 0 atom stereocenters. The van der Waals surface area contributed by atoms with E-state index in [1.54, 1.807) is 0 Å². The van der Waals surface area contributed by atoms with Crippen LogP contribution in [0.1, 0.15) is 11.1 Å². The first-order valence-electron chi connectivity index (χ1n) is 6.36.